The van der Waals surface area contributed by atoms with Gasteiger partial charge in [0.15, 0.2) is 5.76 Å². The lowest BCUT2D eigenvalue weighted by molar-refractivity contribution is 0.204. The summed E-state index contributed by atoms with van der Waals surface area (Å²) in [6, 6.07) is 0.0694. The molecular formula is C12H20N2O3S. The average Bonchev–Trinajstić information content (AvgIpc) is 2.58. The van der Waals surface area contributed by atoms with Gasteiger partial charge < -0.3 is 4.52 Å². The first-order valence-corrected chi connectivity index (χ1v) is 7.76. The van der Waals surface area contributed by atoms with Crippen molar-refractivity contribution in [1.29, 1.82) is 0 Å². The number of rotatable bonds is 2. The Morgan fingerprint density at radius 3 is 2.22 bits per heavy atom. The van der Waals surface area contributed by atoms with Crippen LogP contribution in [-0.4, -0.2) is 30.0 Å². The normalized spacial score (nSPS) is 26.4. The van der Waals surface area contributed by atoms with Crippen LogP contribution in [0.3, 0.4) is 0 Å². The summed E-state index contributed by atoms with van der Waals surface area (Å²) >= 11 is 0. The third-order valence-corrected chi connectivity index (χ3v) is 5.99. The van der Waals surface area contributed by atoms with Gasteiger partial charge in [0.1, 0.15) is 10.6 Å². The Labute approximate surface area is 108 Å². The van der Waals surface area contributed by atoms with Crippen molar-refractivity contribution in [2.75, 3.05) is 0 Å². The lowest BCUT2D eigenvalue weighted by atomic mass is 10.0. The molecule has 5 nitrogen and oxygen atoms in total. The molecule has 0 spiro atoms. The number of aryl methyl sites for hydroxylation is 2. The van der Waals surface area contributed by atoms with Gasteiger partial charge in [-0.3, -0.25) is 0 Å². The molecule has 1 aromatic heterocycles. The van der Waals surface area contributed by atoms with E-state index >= 15 is 0 Å². The van der Waals surface area contributed by atoms with Gasteiger partial charge in [-0.05, 0) is 40.5 Å². The number of sulfonamides is 1. The molecule has 2 unspecified atom stereocenters. The molecule has 1 fully saturated rings. The van der Waals surface area contributed by atoms with Crippen LogP contribution in [0, 0.1) is 13.8 Å². The van der Waals surface area contributed by atoms with Crippen LogP contribution in [0.2, 0.25) is 0 Å². The Morgan fingerprint density at radius 1 is 1.22 bits per heavy atom. The molecule has 0 amide bonds. The predicted molar refractivity (Wildman–Crippen MR) is 67.8 cm³/mol. The SMILES string of the molecule is Cc1noc(C)c1S(=O)(=O)N1C(C)CCCC1C. The van der Waals surface area contributed by atoms with E-state index < -0.39 is 10.0 Å². The third kappa shape index (κ3) is 2.07. The van der Waals surface area contributed by atoms with E-state index in [-0.39, 0.29) is 17.0 Å². The molecule has 0 aromatic carbocycles. The Kier molecular flexibility index (Phi) is 3.51. The minimum Gasteiger partial charge on any atom is -0.360 e. The van der Waals surface area contributed by atoms with E-state index in [0.29, 0.717) is 11.5 Å². The highest BCUT2D eigenvalue weighted by Crippen LogP contribution is 2.31. The number of nitrogens with zero attached hydrogens (tertiary/aromatic N) is 2. The topological polar surface area (TPSA) is 63.4 Å². The van der Waals surface area contributed by atoms with Crippen LogP contribution in [0.15, 0.2) is 9.42 Å². The van der Waals surface area contributed by atoms with E-state index in [1.54, 1.807) is 18.2 Å². The molecule has 0 aliphatic carbocycles. The van der Waals surface area contributed by atoms with Crippen molar-refractivity contribution in [2.24, 2.45) is 0 Å². The molecular weight excluding hydrogens is 252 g/mol. The summed E-state index contributed by atoms with van der Waals surface area (Å²) < 4.78 is 32.1. The van der Waals surface area contributed by atoms with Crippen molar-refractivity contribution in [1.82, 2.24) is 9.46 Å². The summed E-state index contributed by atoms with van der Waals surface area (Å²) in [5.74, 6) is 0.373. The molecule has 0 bridgehead atoms. The van der Waals surface area contributed by atoms with Crippen LogP contribution in [0.4, 0.5) is 0 Å². The molecule has 1 aliphatic rings. The molecule has 102 valence electrons. The smallest absolute Gasteiger partial charge is 0.248 e. The third-order valence-electron chi connectivity index (χ3n) is 3.62. The zero-order valence-electron chi connectivity index (χ0n) is 11.3. The lowest BCUT2D eigenvalue weighted by Crippen LogP contribution is -2.47. The molecule has 0 radical (unpaired) electrons. The summed E-state index contributed by atoms with van der Waals surface area (Å²) in [7, 11) is -3.50. The Balaban J connectivity index is 2.48. The first-order valence-electron chi connectivity index (χ1n) is 6.32. The molecule has 0 N–H and O–H groups in total. The van der Waals surface area contributed by atoms with Crippen molar-refractivity contribution in [2.45, 2.75) is 63.9 Å². The van der Waals surface area contributed by atoms with Crippen LogP contribution >= 0.6 is 0 Å². The predicted octanol–water partition coefficient (Wildman–Crippen LogP) is 2.24. The molecule has 2 rings (SSSR count). The molecule has 6 heteroatoms. The number of aromatic nitrogens is 1. The van der Waals surface area contributed by atoms with Crippen molar-refractivity contribution in [3.05, 3.63) is 11.5 Å². The van der Waals surface area contributed by atoms with Crippen LogP contribution in [0.25, 0.3) is 0 Å². The van der Waals surface area contributed by atoms with E-state index in [1.165, 1.54) is 0 Å². The molecule has 2 atom stereocenters. The lowest BCUT2D eigenvalue weighted by Gasteiger charge is -2.37. The maximum atomic E-state index is 12.7. The van der Waals surface area contributed by atoms with Gasteiger partial charge in [0.25, 0.3) is 0 Å². The second-order valence-electron chi connectivity index (χ2n) is 5.12. The van der Waals surface area contributed by atoms with Crippen molar-refractivity contribution in [3.8, 4) is 0 Å². The van der Waals surface area contributed by atoms with E-state index in [0.717, 1.165) is 19.3 Å². The summed E-state index contributed by atoms with van der Waals surface area (Å²) in [5.41, 5.74) is 0.442. The van der Waals surface area contributed by atoms with Crippen LogP contribution in [0.1, 0.15) is 44.6 Å². The second kappa shape index (κ2) is 4.66. The fraction of sp³-hybridized carbons (Fsp3) is 0.750. The summed E-state index contributed by atoms with van der Waals surface area (Å²) in [4.78, 5) is 0.239. The van der Waals surface area contributed by atoms with Gasteiger partial charge in [0.05, 0.1) is 0 Å². The van der Waals surface area contributed by atoms with Gasteiger partial charge in [0.2, 0.25) is 10.0 Å². The molecule has 0 saturated carbocycles. The molecule has 1 saturated heterocycles. The van der Waals surface area contributed by atoms with E-state index in [9.17, 15) is 8.42 Å². The standard InChI is InChI=1S/C12H20N2O3S/c1-8-6-5-7-9(2)14(8)18(15,16)12-10(3)13-17-11(12)4/h8-9H,5-7H2,1-4H3. The van der Waals surface area contributed by atoms with E-state index in [1.807, 2.05) is 13.8 Å². The first-order chi connectivity index (χ1) is 8.35. The Hall–Kier alpha value is -0.880. The van der Waals surface area contributed by atoms with Gasteiger partial charge in [-0.2, -0.15) is 4.31 Å². The quantitative estimate of drug-likeness (QED) is 0.828. The second-order valence-corrected chi connectivity index (χ2v) is 6.90. The number of hydrogen-bond donors (Lipinski definition) is 0. The monoisotopic (exact) mass is 272 g/mol. The minimum absolute atomic E-state index is 0.0347. The minimum atomic E-state index is -3.50. The molecule has 2 heterocycles. The van der Waals surface area contributed by atoms with Gasteiger partial charge in [0, 0.05) is 12.1 Å². The van der Waals surface area contributed by atoms with Crippen LogP contribution in [0.5, 0.6) is 0 Å². The average molecular weight is 272 g/mol. The summed E-state index contributed by atoms with van der Waals surface area (Å²) in [5, 5.41) is 3.75. The maximum absolute atomic E-state index is 12.7. The highest BCUT2D eigenvalue weighted by atomic mass is 32.2. The largest absolute Gasteiger partial charge is 0.360 e. The number of hydrogen-bond acceptors (Lipinski definition) is 4. The summed E-state index contributed by atoms with van der Waals surface area (Å²) in [6.07, 6.45) is 2.90. The Morgan fingerprint density at radius 2 is 1.78 bits per heavy atom. The fourth-order valence-corrected chi connectivity index (χ4v) is 5.00. The van der Waals surface area contributed by atoms with Crippen molar-refractivity contribution >= 4 is 10.0 Å². The van der Waals surface area contributed by atoms with Gasteiger partial charge in [-0.15, -0.1) is 0 Å². The summed E-state index contributed by atoms with van der Waals surface area (Å²) in [6.45, 7) is 7.24. The first kappa shape index (κ1) is 13.5. The Bertz CT molecular complexity index is 506. The molecule has 18 heavy (non-hydrogen) atoms. The van der Waals surface area contributed by atoms with E-state index in [4.69, 9.17) is 4.52 Å². The van der Waals surface area contributed by atoms with Crippen LogP contribution in [-0.2, 0) is 10.0 Å². The van der Waals surface area contributed by atoms with Crippen molar-refractivity contribution < 1.29 is 12.9 Å². The fourth-order valence-electron chi connectivity index (χ4n) is 2.82. The van der Waals surface area contributed by atoms with Gasteiger partial charge >= 0.3 is 0 Å². The highest BCUT2D eigenvalue weighted by molar-refractivity contribution is 7.89. The molecule has 1 aromatic rings. The van der Waals surface area contributed by atoms with Gasteiger partial charge in [-0.25, -0.2) is 8.42 Å². The number of piperidine rings is 1. The van der Waals surface area contributed by atoms with E-state index in [2.05, 4.69) is 5.16 Å². The zero-order valence-corrected chi connectivity index (χ0v) is 12.1. The van der Waals surface area contributed by atoms with Crippen LogP contribution < -0.4 is 0 Å². The zero-order chi connectivity index (χ0) is 13.5. The highest BCUT2D eigenvalue weighted by Gasteiger charge is 2.38. The van der Waals surface area contributed by atoms with Gasteiger partial charge in [-0.1, -0.05) is 11.6 Å². The molecule has 1 aliphatic heterocycles. The maximum Gasteiger partial charge on any atom is 0.248 e. The van der Waals surface area contributed by atoms with Crippen molar-refractivity contribution in [3.63, 3.8) is 0 Å².